The second-order valence-corrected chi connectivity index (χ2v) is 4.18. The fourth-order valence-corrected chi connectivity index (χ4v) is 1.68. The molecule has 21 heavy (non-hydrogen) atoms. The van der Waals surface area contributed by atoms with Crippen LogP contribution < -0.4 is 10.1 Å². The number of anilines is 1. The van der Waals surface area contributed by atoms with Crippen LogP contribution in [0.4, 0.5) is 18.9 Å². The summed E-state index contributed by atoms with van der Waals surface area (Å²) >= 11 is 0. The van der Waals surface area contributed by atoms with Crippen LogP contribution in [0.1, 0.15) is 5.56 Å². The number of benzene rings is 2. The van der Waals surface area contributed by atoms with E-state index >= 15 is 0 Å². The van der Waals surface area contributed by atoms with Crippen molar-refractivity contribution >= 4 is 5.69 Å². The van der Waals surface area contributed by atoms with Crippen LogP contribution in [0, 0.1) is 28.8 Å². The van der Waals surface area contributed by atoms with Crippen molar-refractivity contribution in [3.8, 4) is 11.8 Å². The molecular formula is C15H11F3N2O. The molecule has 1 N–H and O–H groups in total. The Bertz CT molecular complexity index is 666. The molecule has 0 fully saturated rings. The van der Waals surface area contributed by atoms with E-state index in [0.29, 0.717) is 17.5 Å². The van der Waals surface area contributed by atoms with Crippen LogP contribution in [0.3, 0.4) is 0 Å². The highest BCUT2D eigenvalue weighted by Crippen LogP contribution is 2.18. The average molecular weight is 292 g/mol. The first-order valence-electron chi connectivity index (χ1n) is 6.07. The third-order valence-electron chi connectivity index (χ3n) is 2.73. The lowest BCUT2D eigenvalue weighted by Crippen LogP contribution is -2.03. The van der Waals surface area contributed by atoms with Crippen molar-refractivity contribution < 1.29 is 17.9 Å². The summed E-state index contributed by atoms with van der Waals surface area (Å²) in [6, 6.07) is 9.81. The van der Waals surface area contributed by atoms with E-state index < -0.39 is 17.5 Å². The summed E-state index contributed by atoms with van der Waals surface area (Å²) in [6.07, 6.45) is 0. The van der Waals surface area contributed by atoms with Gasteiger partial charge in [-0.3, -0.25) is 0 Å². The summed E-state index contributed by atoms with van der Waals surface area (Å²) in [7, 11) is 0. The largest absolute Gasteiger partial charge is 0.479 e. The SMILES string of the molecule is N#CCOc1ccc(NCc2cc(F)c(F)cc2F)cc1. The third kappa shape index (κ3) is 3.89. The Labute approximate surface area is 119 Å². The molecular weight excluding hydrogens is 281 g/mol. The zero-order valence-corrected chi connectivity index (χ0v) is 10.9. The molecule has 0 heterocycles. The predicted molar refractivity (Wildman–Crippen MR) is 71.2 cm³/mol. The Morgan fingerprint density at radius 3 is 2.33 bits per heavy atom. The smallest absolute Gasteiger partial charge is 0.174 e. The van der Waals surface area contributed by atoms with Gasteiger partial charge in [-0.2, -0.15) is 5.26 Å². The van der Waals surface area contributed by atoms with E-state index in [9.17, 15) is 13.2 Å². The van der Waals surface area contributed by atoms with Crippen LogP contribution in [-0.2, 0) is 6.54 Å². The van der Waals surface area contributed by atoms with Crippen LogP contribution in [0.2, 0.25) is 0 Å². The Hall–Kier alpha value is -2.68. The van der Waals surface area contributed by atoms with Gasteiger partial charge in [0.15, 0.2) is 18.2 Å². The van der Waals surface area contributed by atoms with Gasteiger partial charge in [0.2, 0.25) is 0 Å². The van der Waals surface area contributed by atoms with Gasteiger partial charge in [0, 0.05) is 23.9 Å². The number of halogens is 3. The van der Waals surface area contributed by atoms with Crippen LogP contribution in [-0.4, -0.2) is 6.61 Å². The minimum Gasteiger partial charge on any atom is -0.479 e. The van der Waals surface area contributed by atoms with Crippen molar-refractivity contribution in [1.29, 1.82) is 5.26 Å². The molecule has 0 saturated carbocycles. The number of rotatable bonds is 5. The van der Waals surface area contributed by atoms with Crippen molar-refractivity contribution in [2.45, 2.75) is 6.54 Å². The zero-order chi connectivity index (χ0) is 15.2. The predicted octanol–water partition coefficient (Wildman–Crippen LogP) is 3.62. The Morgan fingerprint density at radius 1 is 1.00 bits per heavy atom. The molecule has 0 aliphatic heterocycles. The quantitative estimate of drug-likeness (QED) is 0.856. The van der Waals surface area contributed by atoms with E-state index in [1.807, 2.05) is 6.07 Å². The standard InChI is InChI=1S/C15H11F3N2O/c16-13-8-15(18)14(17)7-10(13)9-20-11-1-3-12(4-2-11)21-6-5-19/h1-4,7-8,20H,6,9H2. The van der Waals surface area contributed by atoms with E-state index in [-0.39, 0.29) is 18.7 Å². The summed E-state index contributed by atoms with van der Waals surface area (Å²) < 4.78 is 44.4. The Morgan fingerprint density at radius 2 is 1.67 bits per heavy atom. The van der Waals surface area contributed by atoms with Crippen LogP contribution >= 0.6 is 0 Å². The summed E-state index contributed by atoms with van der Waals surface area (Å²) in [6.45, 7) is -0.0335. The lowest BCUT2D eigenvalue weighted by Gasteiger charge is -2.09. The van der Waals surface area contributed by atoms with Gasteiger partial charge < -0.3 is 10.1 Å². The Kier molecular flexibility index (Phi) is 4.67. The second kappa shape index (κ2) is 6.66. The number of hydrogen-bond acceptors (Lipinski definition) is 3. The van der Waals surface area contributed by atoms with E-state index in [1.165, 1.54) is 0 Å². The summed E-state index contributed by atoms with van der Waals surface area (Å²) in [5, 5.41) is 11.3. The van der Waals surface area contributed by atoms with E-state index in [2.05, 4.69) is 5.32 Å². The number of nitriles is 1. The molecule has 0 atom stereocenters. The van der Waals surface area contributed by atoms with Crippen molar-refractivity contribution in [1.82, 2.24) is 0 Å². The topological polar surface area (TPSA) is 45.0 Å². The molecule has 0 radical (unpaired) electrons. The van der Waals surface area contributed by atoms with E-state index in [1.54, 1.807) is 24.3 Å². The van der Waals surface area contributed by atoms with Crippen LogP contribution in [0.5, 0.6) is 5.75 Å². The highest BCUT2D eigenvalue weighted by atomic mass is 19.2. The maximum atomic E-state index is 13.4. The molecule has 0 spiro atoms. The van der Waals surface area contributed by atoms with Crippen molar-refractivity contribution in [2.24, 2.45) is 0 Å². The number of nitrogens with one attached hydrogen (secondary N) is 1. The summed E-state index contributed by atoms with van der Waals surface area (Å²) in [5.41, 5.74) is 0.683. The van der Waals surface area contributed by atoms with Gasteiger partial charge >= 0.3 is 0 Å². The molecule has 2 aromatic carbocycles. The molecule has 6 heteroatoms. The minimum absolute atomic E-state index is 0.0153. The van der Waals surface area contributed by atoms with Gasteiger partial charge in [-0.05, 0) is 30.3 Å². The summed E-state index contributed by atoms with van der Waals surface area (Å²) in [4.78, 5) is 0. The van der Waals surface area contributed by atoms with Crippen molar-refractivity contribution in [3.63, 3.8) is 0 Å². The number of ether oxygens (including phenoxy) is 1. The minimum atomic E-state index is -1.21. The van der Waals surface area contributed by atoms with Crippen LogP contribution in [0.15, 0.2) is 36.4 Å². The first-order valence-corrected chi connectivity index (χ1v) is 6.07. The molecule has 0 aliphatic rings. The highest BCUT2D eigenvalue weighted by Gasteiger charge is 2.09. The monoisotopic (exact) mass is 292 g/mol. The van der Waals surface area contributed by atoms with Gasteiger partial charge in [0.1, 0.15) is 17.6 Å². The third-order valence-corrected chi connectivity index (χ3v) is 2.73. The van der Waals surface area contributed by atoms with Crippen LogP contribution in [0.25, 0.3) is 0 Å². The molecule has 2 rings (SSSR count). The van der Waals surface area contributed by atoms with Gasteiger partial charge in [-0.15, -0.1) is 0 Å². The normalized spacial score (nSPS) is 10.0. The molecule has 0 aliphatic carbocycles. The molecule has 108 valence electrons. The Balaban J connectivity index is 2.00. The molecule has 0 saturated heterocycles. The van der Waals surface area contributed by atoms with E-state index in [0.717, 1.165) is 6.07 Å². The fourth-order valence-electron chi connectivity index (χ4n) is 1.68. The van der Waals surface area contributed by atoms with Crippen molar-refractivity contribution in [3.05, 3.63) is 59.4 Å². The number of hydrogen-bond donors (Lipinski definition) is 1. The maximum Gasteiger partial charge on any atom is 0.174 e. The van der Waals surface area contributed by atoms with E-state index in [4.69, 9.17) is 10.00 Å². The number of nitrogens with zero attached hydrogens (tertiary/aromatic N) is 1. The first kappa shape index (κ1) is 14.7. The maximum absolute atomic E-state index is 13.4. The fraction of sp³-hybridized carbons (Fsp3) is 0.133. The van der Waals surface area contributed by atoms with Gasteiger partial charge in [0.05, 0.1) is 0 Å². The highest BCUT2D eigenvalue weighted by molar-refractivity contribution is 5.47. The lowest BCUT2D eigenvalue weighted by molar-refractivity contribution is 0.368. The summed E-state index contributed by atoms with van der Waals surface area (Å²) in [5.74, 6) is -2.58. The molecule has 2 aromatic rings. The second-order valence-electron chi connectivity index (χ2n) is 4.18. The molecule has 0 unspecified atom stereocenters. The molecule has 0 amide bonds. The van der Waals surface area contributed by atoms with Gasteiger partial charge in [0.25, 0.3) is 0 Å². The lowest BCUT2D eigenvalue weighted by atomic mass is 10.2. The average Bonchev–Trinajstić information content (AvgIpc) is 2.48. The first-order chi connectivity index (χ1) is 10.1. The van der Waals surface area contributed by atoms with Crippen molar-refractivity contribution in [2.75, 3.05) is 11.9 Å². The molecule has 3 nitrogen and oxygen atoms in total. The van der Waals surface area contributed by atoms with Gasteiger partial charge in [-0.1, -0.05) is 0 Å². The zero-order valence-electron chi connectivity index (χ0n) is 10.9. The van der Waals surface area contributed by atoms with Gasteiger partial charge in [-0.25, -0.2) is 13.2 Å². The molecule has 0 bridgehead atoms. The molecule has 0 aromatic heterocycles.